The van der Waals surface area contributed by atoms with Crippen molar-refractivity contribution < 1.29 is 22.0 Å². The van der Waals surface area contributed by atoms with Crippen molar-refractivity contribution in [3.8, 4) is 0 Å². The number of likely N-dealkylation sites (N-methyl/N-ethyl adjacent to an activating group) is 1. The summed E-state index contributed by atoms with van der Waals surface area (Å²) in [7, 11) is -1.96. The molecule has 2 aromatic rings. The Morgan fingerprint density at radius 2 is 1.87 bits per heavy atom. The third-order valence-electron chi connectivity index (χ3n) is 5.28. The second kappa shape index (κ2) is 9.20. The van der Waals surface area contributed by atoms with Gasteiger partial charge in [0.2, 0.25) is 15.9 Å². The number of sulfonamides is 1. The minimum absolute atomic E-state index is 0.0831. The molecule has 0 aromatic heterocycles. The van der Waals surface area contributed by atoms with Crippen LogP contribution in [0.15, 0.2) is 47.4 Å². The van der Waals surface area contributed by atoms with Crippen LogP contribution in [0.2, 0.25) is 0 Å². The molecule has 1 fully saturated rings. The third kappa shape index (κ3) is 5.03. The Balaban J connectivity index is 1.67. The van der Waals surface area contributed by atoms with Crippen molar-refractivity contribution in [2.45, 2.75) is 30.7 Å². The fraction of sp³-hybridized carbons (Fsp3) is 0.381. The highest BCUT2D eigenvalue weighted by Gasteiger charge is 2.27. The molecule has 1 aliphatic heterocycles. The fourth-order valence-corrected chi connectivity index (χ4v) is 5.01. The lowest BCUT2D eigenvalue weighted by atomic mass is 10.1. The van der Waals surface area contributed by atoms with Crippen LogP contribution in [0.4, 0.5) is 14.5 Å². The van der Waals surface area contributed by atoms with E-state index in [1.165, 1.54) is 16.4 Å². The van der Waals surface area contributed by atoms with Gasteiger partial charge < -0.3 is 5.32 Å². The average Bonchev–Trinajstić information content (AvgIpc) is 3.25. The first-order valence-electron chi connectivity index (χ1n) is 9.74. The molecule has 0 saturated carbocycles. The third-order valence-corrected chi connectivity index (χ3v) is 7.18. The monoisotopic (exact) mass is 437 g/mol. The fourth-order valence-electron chi connectivity index (χ4n) is 3.45. The summed E-state index contributed by atoms with van der Waals surface area (Å²) in [5.74, 6) is -1.49. The molecule has 0 aliphatic carbocycles. The molecule has 162 valence electrons. The van der Waals surface area contributed by atoms with Crippen LogP contribution < -0.4 is 5.32 Å². The molecule has 1 amide bonds. The summed E-state index contributed by atoms with van der Waals surface area (Å²) in [5, 5.41) is 2.68. The molecular formula is C21H25F2N3O3S. The Hall–Kier alpha value is -2.36. The lowest BCUT2D eigenvalue weighted by Crippen LogP contribution is -2.32. The number of halogens is 2. The number of anilines is 1. The summed E-state index contributed by atoms with van der Waals surface area (Å²) in [4.78, 5) is 14.2. The molecule has 0 radical (unpaired) electrons. The molecule has 30 heavy (non-hydrogen) atoms. The second-order valence-corrected chi connectivity index (χ2v) is 9.38. The zero-order valence-corrected chi connectivity index (χ0v) is 17.8. The van der Waals surface area contributed by atoms with Gasteiger partial charge in [-0.3, -0.25) is 9.69 Å². The first-order valence-corrected chi connectivity index (χ1v) is 11.2. The molecule has 1 unspecified atom stereocenters. The predicted molar refractivity (Wildman–Crippen MR) is 110 cm³/mol. The Kier molecular flexibility index (Phi) is 6.84. The molecule has 0 bridgehead atoms. The van der Waals surface area contributed by atoms with E-state index in [1.54, 1.807) is 31.0 Å². The zero-order valence-electron chi connectivity index (χ0n) is 16.9. The summed E-state index contributed by atoms with van der Waals surface area (Å²) in [6, 6.07) is 8.80. The normalized spacial score (nSPS) is 16.0. The van der Waals surface area contributed by atoms with Crippen molar-refractivity contribution in [1.29, 1.82) is 0 Å². The Bertz CT molecular complexity index is 1020. The number of hydrogen-bond donors (Lipinski definition) is 1. The van der Waals surface area contributed by atoms with E-state index in [9.17, 15) is 22.0 Å². The number of hydrogen-bond acceptors (Lipinski definition) is 4. The van der Waals surface area contributed by atoms with E-state index in [1.807, 2.05) is 0 Å². The van der Waals surface area contributed by atoms with Gasteiger partial charge in [-0.25, -0.2) is 17.2 Å². The molecule has 1 atom stereocenters. The summed E-state index contributed by atoms with van der Waals surface area (Å²) in [6.45, 7) is 2.59. The van der Waals surface area contributed by atoms with E-state index in [0.717, 1.165) is 31.0 Å². The van der Waals surface area contributed by atoms with Gasteiger partial charge in [-0.1, -0.05) is 6.07 Å². The molecular weight excluding hydrogens is 412 g/mol. The van der Waals surface area contributed by atoms with Gasteiger partial charge in [0.1, 0.15) is 11.6 Å². The van der Waals surface area contributed by atoms with Crippen LogP contribution >= 0.6 is 0 Å². The minimum Gasteiger partial charge on any atom is -0.325 e. The topological polar surface area (TPSA) is 69.7 Å². The quantitative estimate of drug-likeness (QED) is 0.721. The predicted octanol–water partition coefficient (Wildman–Crippen LogP) is 3.38. The number of carbonyl (C=O) groups is 1. The highest BCUT2D eigenvalue weighted by atomic mass is 32.2. The second-order valence-electron chi connectivity index (χ2n) is 7.44. The smallest absolute Gasteiger partial charge is 0.243 e. The van der Waals surface area contributed by atoms with Crippen LogP contribution in [-0.2, 0) is 14.8 Å². The van der Waals surface area contributed by atoms with Gasteiger partial charge >= 0.3 is 0 Å². The highest BCUT2D eigenvalue weighted by Crippen LogP contribution is 2.24. The minimum atomic E-state index is -3.58. The highest BCUT2D eigenvalue weighted by molar-refractivity contribution is 7.89. The number of benzene rings is 2. The molecule has 6 nitrogen and oxygen atoms in total. The van der Waals surface area contributed by atoms with Crippen molar-refractivity contribution in [1.82, 2.24) is 9.21 Å². The summed E-state index contributed by atoms with van der Waals surface area (Å²) >= 11 is 0. The van der Waals surface area contributed by atoms with Crippen LogP contribution in [0.1, 0.15) is 31.4 Å². The molecule has 1 aliphatic rings. The zero-order chi connectivity index (χ0) is 21.9. The van der Waals surface area contributed by atoms with Crippen molar-refractivity contribution >= 4 is 21.6 Å². The van der Waals surface area contributed by atoms with Gasteiger partial charge in [-0.15, -0.1) is 0 Å². The van der Waals surface area contributed by atoms with Crippen LogP contribution in [0, 0.1) is 11.6 Å². The number of nitrogens with zero attached hydrogens (tertiary/aromatic N) is 2. The molecule has 1 N–H and O–H groups in total. The molecule has 1 saturated heterocycles. The van der Waals surface area contributed by atoms with Gasteiger partial charge in [0.15, 0.2) is 0 Å². The molecule has 9 heteroatoms. The number of rotatable bonds is 7. The number of carbonyl (C=O) groups excluding carboxylic acids is 1. The van der Waals surface area contributed by atoms with Gasteiger partial charge in [0, 0.05) is 30.4 Å². The van der Waals surface area contributed by atoms with Crippen LogP contribution in [0.5, 0.6) is 0 Å². The maximum absolute atomic E-state index is 14.0. The first-order chi connectivity index (χ1) is 14.2. The van der Waals surface area contributed by atoms with Crippen LogP contribution in [0.25, 0.3) is 0 Å². The van der Waals surface area contributed by atoms with Gasteiger partial charge in [-0.2, -0.15) is 4.31 Å². The molecule has 1 heterocycles. The van der Waals surface area contributed by atoms with Crippen molar-refractivity contribution in [2.24, 2.45) is 0 Å². The van der Waals surface area contributed by atoms with Gasteiger partial charge in [-0.05, 0) is 63.2 Å². The molecule has 0 spiro atoms. The molecule has 3 rings (SSSR count). The standard InChI is InChI=1S/C21H25F2N3O3S/c1-15(19-12-16(22)8-9-20(19)23)25(2)14-21(27)24-17-6-5-7-18(13-17)30(28,29)26-10-3-4-11-26/h5-9,12-13,15H,3-4,10-11,14H2,1-2H3,(H,24,27). The van der Waals surface area contributed by atoms with Crippen LogP contribution in [-0.4, -0.2) is 50.2 Å². The Labute approximate surface area is 175 Å². The lowest BCUT2D eigenvalue weighted by Gasteiger charge is -2.25. The average molecular weight is 438 g/mol. The van der Waals surface area contributed by atoms with E-state index >= 15 is 0 Å². The Morgan fingerprint density at radius 1 is 1.17 bits per heavy atom. The summed E-state index contributed by atoms with van der Waals surface area (Å²) < 4.78 is 54.3. The summed E-state index contributed by atoms with van der Waals surface area (Å²) in [5.41, 5.74) is 0.516. The van der Waals surface area contributed by atoms with Gasteiger partial charge in [0.05, 0.1) is 11.4 Å². The van der Waals surface area contributed by atoms with E-state index in [2.05, 4.69) is 5.32 Å². The molecule has 2 aromatic carbocycles. The largest absolute Gasteiger partial charge is 0.325 e. The number of amides is 1. The van der Waals surface area contributed by atoms with Crippen molar-refractivity contribution in [3.05, 3.63) is 59.7 Å². The van der Waals surface area contributed by atoms with Gasteiger partial charge in [0.25, 0.3) is 0 Å². The SMILES string of the molecule is CC(c1cc(F)ccc1F)N(C)CC(=O)Nc1cccc(S(=O)(=O)N2CCCC2)c1. The lowest BCUT2D eigenvalue weighted by molar-refractivity contribution is -0.117. The van der Waals surface area contributed by atoms with E-state index in [4.69, 9.17) is 0 Å². The Morgan fingerprint density at radius 3 is 2.57 bits per heavy atom. The maximum atomic E-state index is 14.0. The first kappa shape index (κ1) is 22.3. The van der Waals surface area contributed by atoms with Crippen LogP contribution in [0.3, 0.4) is 0 Å². The van der Waals surface area contributed by atoms with Crippen molar-refractivity contribution in [3.63, 3.8) is 0 Å². The number of nitrogens with one attached hydrogen (secondary N) is 1. The van der Waals surface area contributed by atoms with E-state index < -0.39 is 33.6 Å². The van der Waals surface area contributed by atoms with Crippen molar-refractivity contribution in [2.75, 3.05) is 32.0 Å². The van der Waals surface area contributed by atoms with E-state index in [0.29, 0.717) is 18.8 Å². The van der Waals surface area contributed by atoms with E-state index in [-0.39, 0.29) is 17.0 Å². The summed E-state index contributed by atoms with van der Waals surface area (Å²) in [6.07, 6.45) is 1.68. The maximum Gasteiger partial charge on any atom is 0.243 e.